The zero-order valence-corrected chi connectivity index (χ0v) is 21.3. The second kappa shape index (κ2) is 10.9. The van der Waals surface area contributed by atoms with Crippen LogP contribution in [0.2, 0.25) is 0 Å². The third kappa shape index (κ3) is 5.58. The zero-order valence-electron chi connectivity index (χ0n) is 21.3. The number of anilines is 1. The summed E-state index contributed by atoms with van der Waals surface area (Å²) in [6, 6.07) is 19.7. The van der Waals surface area contributed by atoms with Gasteiger partial charge in [-0.15, -0.1) is 0 Å². The summed E-state index contributed by atoms with van der Waals surface area (Å²) in [5.41, 5.74) is 9.32. The Labute approximate surface area is 213 Å². The van der Waals surface area contributed by atoms with Gasteiger partial charge < -0.3 is 14.5 Å². The summed E-state index contributed by atoms with van der Waals surface area (Å²) in [5, 5.41) is 3.56. The lowest BCUT2D eigenvalue weighted by Crippen LogP contribution is -2.24. The average molecular weight is 480 g/mol. The van der Waals surface area contributed by atoms with Crippen molar-refractivity contribution in [2.75, 3.05) is 25.1 Å². The molecule has 2 aromatic heterocycles. The van der Waals surface area contributed by atoms with Crippen LogP contribution in [0.4, 0.5) is 5.82 Å². The fourth-order valence-electron chi connectivity index (χ4n) is 4.44. The second-order valence-electron chi connectivity index (χ2n) is 9.71. The fourth-order valence-corrected chi connectivity index (χ4v) is 4.44. The van der Waals surface area contributed by atoms with Gasteiger partial charge in [0.15, 0.2) is 5.82 Å². The number of allylic oxidation sites excluding steroid dienone is 1. The molecule has 0 radical (unpaired) electrons. The Hall–Kier alpha value is -3.70. The Kier molecular flexibility index (Phi) is 7.28. The van der Waals surface area contributed by atoms with Gasteiger partial charge in [0, 0.05) is 18.0 Å². The van der Waals surface area contributed by atoms with Crippen LogP contribution in [-0.4, -0.2) is 29.7 Å². The molecule has 1 aliphatic heterocycles. The normalized spacial score (nSPS) is 13.3. The molecule has 36 heavy (non-hydrogen) atoms. The molecule has 1 aliphatic rings. The third-order valence-electron chi connectivity index (χ3n) is 6.59. The number of hydrogen-bond donors (Lipinski definition) is 1. The standard InChI is InChI=1S/C31H33N3O2/c1-21(2)17-29-22(3)33-30(27-14-16-35-18-27)34-31(29)32-15-4-5-23-6-8-24(9-7-23)25-10-12-26(13-11-25)28-19-36-20-28/h6-14,16-18,28H,4-5,15,19-20H2,1-3H3,(H,32,33,34). The van der Waals surface area contributed by atoms with Crippen molar-refractivity contribution in [3.8, 4) is 22.5 Å². The molecule has 0 saturated carbocycles. The third-order valence-corrected chi connectivity index (χ3v) is 6.59. The van der Waals surface area contributed by atoms with E-state index in [0.29, 0.717) is 11.7 Å². The molecule has 3 heterocycles. The molecule has 2 aromatic carbocycles. The number of aryl methyl sites for hydroxylation is 2. The molecule has 0 atom stereocenters. The number of benzene rings is 2. The monoisotopic (exact) mass is 479 g/mol. The summed E-state index contributed by atoms with van der Waals surface area (Å²) < 4.78 is 10.5. The van der Waals surface area contributed by atoms with Crippen molar-refractivity contribution >= 4 is 11.9 Å². The van der Waals surface area contributed by atoms with Crippen molar-refractivity contribution in [1.82, 2.24) is 9.97 Å². The molecule has 1 saturated heterocycles. The SMILES string of the molecule is CC(C)=Cc1c(C)nc(-c2ccoc2)nc1NCCCc1ccc(-c2ccc(C3COC3)cc2)cc1. The average Bonchev–Trinajstić information content (AvgIpc) is 3.38. The summed E-state index contributed by atoms with van der Waals surface area (Å²) in [6.07, 6.45) is 7.49. The van der Waals surface area contributed by atoms with Gasteiger partial charge in [-0.1, -0.05) is 60.2 Å². The van der Waals surface area contributed by atoms with Crippen molar-refractivity contribution in [2.45, 2.75) is 39.5 Å². The van der Waals surface area contributed by atoms with Gasteiger partial charge >= 0.3 is 0 Å². The molecule has 0 aliphatic carbocycles. The van der Waals surface area contributed by atoms with E-state index in [0.717, 1.165) is 55.2 Å². The van der Waals surface area contributed by atoms with E-state index in [9.17, 15) is 0 Å². The van der Waals surface area contributed by atoms with E-state index in [2.05, 4.69) is 73.8 Å². The highest BCUT2D eigenvalue weighted by Gasteiger charge is 2.20. The van der Waals surface area contributed by atoms with Crippen LogP contribution in [0.15, 0.2) is 77.1 Å². The van der Waals surface area contributed by atoms with Crippen molar-refractivity contribution in [2.24, 2.45) is 0 Å². The van der Waals surface area contributed by atoms with Crippen molar-refractivity contribution in [1.29, 1.82) is 0 Å². The molecule has 0 unspecified atom stereocenters. The van der Waals surface area contributed by atoms with E-state index in [4.69, 9.17) is 19.1 Å². The molecule has 0 spiro atoms. The van der Waals surface area contributed by atoms with E-state index < -0.39 is 0 Å². The van der Waals surface area contributed by atoms with Crippen LogP contribution in [-0.2, 0) is 11.2 Å². The van der Waals surface area contributed by atoms with E-state index in [-0.39, 0.29) is 0 Å². The molecule has 0 amide bonds. The number of ether oxygens (including phenoxy) is 1. The predicted molar refractivity (Wildman–Crippen MR) is 146 cm³/mol. The van der Waals surface area contributed by atoms with Crippen LogP contribution in [0, 0.1) is 6.92 Å². The topological polar surface area (TPSA) is 60.2 Å². The molecule has 1 N–H and O–H groups in total. The minimum atomic E-state index is 0.566. The molecular weight excluding hydrogens is 446 g/mol. The fraction of sp³-hybridized carbons (Fsp3) is 0.290. The molecular formula is C31H33N3O2. The van der Waals surface area contributed by atoms with Gasteiger partial charge in [0.1, 0.15) is 12.1 Å². The van der Waals surface area contributed by atoms with Crippen LogP contribution in [0.1, 0.15) is 48.6 Å². The van der Waals surface area contributed by atoms with Gasteiger partial charge in [0.2, 0.25) is 0 Å². The first-order valence-electron chi connectivity index (χ1n) is 12.6. The molecule has 0 bridgehead atoms. The quantitative estimate of drug-likeness (QED) is 0.255. The summed E-state index contributed by atoms with van der Waals surface area (Å²) in [7, 11) is 0. The lowest BCUT2D eigenvalue weighted by Gasteiger charge is -2.26. The lowest BCUT2D eigenvalue weighted by atomic mass is 9.95. The summed E-state index contributed by atoms with van der Waals surface area (Å²) in [4.78, 5) is 9.51. The van der Waals surface area contributed by atoms with E-state index in [1.54, 1.807) is 12.5 Å². The lowest BCUT2D eigenvalue weighted by molar-refractivity contribution is 0.00843. The molecule has 5 heteroatoms. The number of aromatic nitrogens is 2. The molecule has 5 nitrogen and oxygen atoms in total. The first-order valence-corrected chi connectivity index (χ1v) is 12.6. The van der Waals surface area contributed by atoms with Crippen molar-refractivity contribution in [3.05, 3.63) is 95.1 Å². The molecule has 184 valence electrons. The van der Waals surface area contributed by atoms with E-state index in [1.165, 1.54) is 27.8 Å². The van der Waals surface area contributed by atoms with Crippen LogP contribution in [0.5, 0.6) is 0 Å². The second-order valence-corrected chi connectivity index (χ2v) is 9.71. The summed E-state index contributed by atoms with van der Waals surface area (Å²) in [5.74, 6) is 2.11. The Bertz CT molecular complexity index is 1320. The number of nitrogens with zero attached hydrogens (tertiary/aromatic N) is 2. The predicted octanol–water partition coefficient (Wildman–Crippen LogP) is 7.29. The highest BCUT2D eigenvalue weighted by molar-refractivity contribution is 5.69. The Morgan fingerprint density at radius 3 is 2.28 bits per heavy atom. The maximum Gasteiger partial charge on any atom is 0.165 e. The first-order chi connectivity index (χ1) is 17.6. The minimum absolute atomic E-state index is 0.566. The van der Waals surface area contributed by atoms with Gasteiger partial charge in [-0.05, 0) is 61.9 Å². The van der Waals surface area contributed by atoms with Gasteiger partial charge in [-0.3, -0.25) is 0 Å². The molecule has 5 rings (SSSR count). The Balaban J connectivity index is 1.20. The summed E-state index contributed by atoms with van der Waals surface area (Å²) >= 11 is 0. The maximum atomic E-state index is 5.31. The number of hydrogen-bond acceptors (Lipinski definition) is 5. The zero-order chi connectivity index (χ0) is 24.9. The van der Waals surface area contributed by atoms with Crippen LogP contribution in [0.25, 0.3) is 28.6 Å². The van der Waals surface area contributed by atoms with E-state index in [1.807, 2.05) is 13.0 Å². The summed E-state index contributed by atoms with van der Waals surface area (Å²) in [6.45, 7) is 8.74. The van der Waals surface area contributed by atoms with Gasteiger partial charge in [-0.2, -0.15) is 0 Å². The van der Waals surface area contributed by atoms with E-state index >= 15 is 0 Å². The van der Waals surface area contributed by atoms with Gasteiger partial charge in [0.05, 0.1) is 30.7 Å². The van der Waals surface area contributed by atoms with Crippen LogP contribution >= 0.6 is 0 Å². The molecule has 1 fully saturated rings. The van der Waals surface area contributed by atoms with Crippen molar-refractivity contribution < 1.29 is 9.15 Å². The van der Waals surface area contributed by atoms with Crippen molar-refractivity contribution in [3.63, 3.8) is 0 Å². The highest BCUT2D eigenvalue weighted by atomic mass is 16.5. The van der Waals surface area contributed by atoms with Crippen LogP contribution < -0.4 is 5.32 Å². The number of furan rings is 1. The number of rotatable bonds is 9. The van der Waals surface area contributed by atoms with Crippen LogP contribution in [0.3, 0.4) is 0 Å². The highest BCUT2D eigenvalue weighted by Crippen LogP contribution is 2.28. The number of nitrogens with one attached hydrogen (secondary N) is 1. The Morgan fingerprint density at radius 2 is 1.67 bits per heavy atom. The Morgan fingerprint density at radius 1 is 0.944 bits per heavy atom. The van der Waals surface area contributed by atoms with Gasteiger partial charge in [-0.25, -0.2) is 9.97 Å². The van der Waals surface area contributed by atoms with Gasteiger partial charge in [0.25, 0.3) is 0 Å². The minimum Gasteiger partial charge on any atom is -0.472 e. The smallest absolute Gasteiger partial charge is 0.165 e. The largest absolute Gasteiger partial charge is 0.472 e. The molecule has 4 aromatic rings. The maximum absolute atomic E-state index is 5.31. The first kappa shape index (κ1) is 24.0.